The number of anilines is 1. The van der Waals surface area contributed by atoms with Crippen molar-refractivity contribution in [2.45, 2.75) is 19.0 Å². The summed E-state index contributed by atoms with van der Waals surface area (Å²) < 4.78 is 18.3. The second kappa shape index (κ2) is 3.82. The van der Waals surface area contributed by atoms with E-state index in [0.29, 0.717) is 30.9 Å². The van der Waals surface area contributed by atoms with Crippen LogP contribution >= 0.6 is 0 Å². The first kappa shape index (κ1) is 9.24. The van der Waals surface area contributed by atoms with Gasteiger partial charge in [-0.3, -0.25) is 4.79 Å². The van der Waals surface area contributed by atoms with E-state index in [1.807, 2.05) is 4.90 Å². The van der Waals surface area contributed by atoms with E-state index in [1.165, 1.54) is 0 Å². The normalized spacial score (nSPS) is 22.4. The van der Waals surface area contributed by atoms with Crippen LogP contribution in [0.25, 0.3) is 0 Å². The van der Waals surface area contributed by atoms with Crippen molar-refractivity contribution < 1.29 is 13.6 Å². The molecule has 1 fully saturated rings. The SMILES string of the molecule is O=Cc1ccc(N2CCCC(F)C2)o1. The number of halogens is 1. The van der Waals surface area contributed by atoms with Gasteiger partial charge in [-0.2, -0.15) is 0 Å². The quantitative estimate of drug-likeness (QED) is 0.680. The summed E-state index contributed by atoms with van der Waals surface area (Å²) in [5.74, 6) is 0.885. The van der Waals surface area contributed by atoms with Gasteiger partial charge in [0.1, 0.15) is 6.17 Å². The third kappa shape index (κ3) is 1.78. The number of aldehydes is 1. The molecule has 0 saturated carbocycles. The third-order valence-electron chi connectivity index (χ3n) is 2.40. The van der Waals surface area contributed by atoms with Gasteiger partial charge in [0.2, 0.25) is 0 Å². The second-order valence-corrected chi connectivity index (χ2v) is 3.48. The van der Waals surface area contributed by atoms with Crippen molar-refractivity contribution in [1.82, 2.24) is 0 Å². The van der Waals surface area contributed by atoms with Crippen molar-refractivity contribution in [3.05, 3.63) is 17.9 Å². The lowest BCUT2D eigenvalue weighted by Gasteiger charge is -2.28. The van der Waals surface area contributed by atoms with Gasteiger partial charge in [-0.15, -0.1) is 0 Å². The molecule has 3 nitrogen and oxygen atoms in total. The van der Waals surface area contributed by atoms with Crippen LogP contribution in [0.15, 0.2) is 16.5 Å². The molecule has 4 heteroatoms. The Kier molecular flexibility index (Phi) is 2.52. The third-order valence-corrected chi connectivity index (χ3v) is 2.40. The summed E-state index contributed by atoms with van der Waals surface area (Å²) in [6.45, 7) is 1.16. The van der Waals surface area contributed by atoms with Gasteiger partial charge in [0.15, 0.2) is 17.9 Å². The van der Waals surface area contributed by atoms with Crippen molar-refractivity contribution in [2.75, 3.05) is 18.0 Å². The van der Waals surface area contributed by atoms with E-state index in [0.717, 1.165) is 13.0 Å². The first-order valence-corrected chi connectivity index (χ1v) is 4.73. The number of nitrogens with zero attached hydrogens (tertiary/aromatic N) is 1. The summed E-state index contributed by atoms with van der Waals surface area (Å²) in [6.07, 6.45) is 1.32. The highest BCUT2D eigenvalue weighted by molar-refractivity contribution is 5.71. The predicted molar refractivity (Wildman–Crippen MR) is 50.4 cm³/mol. The highest BCUT2D eigenvalue weighted by Gasteiger charge is 2.21. The zero-order valence-corrected chi connectivity index (χ0v) is 7.78. The number of carbonyl (C=O) groups excluding carboxylic acids is 1. The number of piperidine rings is 1. The fourth-order valence-electron chi connectivity index (χ4n) is 1.70. The number of furan rings is 1. The van der Waals surface area contributed by atoms with Crippen molar-refractivity contribution in [3.63, 3.8) is 0 Å². The molecule has 1 aliphatic rings. The lowest BCUT2D eigenvalue weighted by molar-refractivity contribution is 0.110. The number of carbonyl (C=O) groups is 1. The Morgan fingerprint density at radius 3 is 3.07 bits per heavy atom. The Bertz CT molecular complexity index is 324. The zero-order valence-electron chi connectivity index (χ0n) is 7.78. The van der Waals surface area contributed by atoms with Gasteiger partial charge in [-0.25, -0.2) is 4.39 Å². The lowest BCUT2D eigenvalue weighted by atomic mass is 10.1. The summed E-state index contributed by atoms with van der Waals surface area (Å²) in [7, 11) is 0. The minimum atomic E-state index is -0.784. The molecule has 1 aliphatic heterocycles. The molecule has 2 rings (SSSR count). The highest BCUT2D eigenvalue weighted by atomic mass is 19.1. The average molecular weight is 197 g/mol. The molecule has 14 heavy (non-hydrogen) atoms. The van der Waals surface area contributed by atoms with Crippen molar-refractivity contribution in [1.29, 1.82) is 0 Å². The van der Waals surface area contributed by atoms with Crippen LogP contribution in [0.3, 0.4) is 0 Å². The fraction of sp³-hybridized carbons (Fsp3) is 0.500. The number of alkyl halides is 1. The average Bonchev–Trinajstić information content (AvgIpc) is 2.66. The maximum absolute atomic E-state index is 13.1. The molecule has 1 atom stereocenters. The van der Waals surface area contributed by atoms with Crippen molar-refractivity contribution >= 4 is 12.2 Å². The molecule has 2 heterocycles. The van der Waals surface area contributed by atoms with Crippen LogP contribution in [0.5, 0.6) is 0 Å². The fourth-order valence-corrected chi connectivity index (χ4v) is 1.70. The predicted octanol–water partition coefficient (Wildman–Crippen LogP) is 2.03. The molecular weight excluding hydrogens is 185 g/mol. The Morgan fingerprint density at radius 2 is 2.43 bits per heavy atom. The van der Waals surface area contributed by atoms with E-state index in [-0.39, 0.29) is 0 Å². The van der Waals surface area contributed by atoms with E-state index in [2.05, 4.69) is 0 Å². The van der Waals surface area contributed by atoms with E-state index >= 15 is 0 Å². The van der Waals surface area contributed by atoms with Crippen molar-refractivity contribution in [2.24, 2.45) is 0 Å². The Balaban J connectivity index is 2.09. The molecule has 1 unspecified atom stereocenters. The summed E-state index contributed by atoms with van der Waals surface area (Å²) in [4.78, 5) is 12.2. The lowest BCUT2D eigenvalue weighted by Crippen LogP contribution is -2.36. The van der Waals surface area contributed by atoms with Gasteiger partial charge in [-0.05, 0) is 18.9 Å². The topological polar surface area (TPSA) is 33.5 Å². The first-order chi connectivity index (χ1) is 6.79. The minimum absolute atomic E-state index is 0.293. The largest absolute Gasteiger partial charge is 0.438 e. The molecule has 0 amide bonds. The van der Waals surface area contributed by atoms with Gasteiger partial charge >= 0.3 is 0 Å². The van der Waals surface area contributed by atoms with Gasteiger partial charge < -0.3 is 9.32 Å². The molecule has 1 saturated heterocycles. The zero-order chi connectivity index (χ0) is 9.97. The molecule has 0 aliphatic carbocycles. The Morgan fingerprint density at radius 1 is 1.57 bits per heavy atom. The Hall–Kier alpha value is -1.32. The molecule has 0 N–H and O–H groups in total. The van der Waals surface area contributed by atoms with Crippen LogP contribution in [0, 0.1) is 0 Å². The number of hydrogen-bond donors (Lipinski definition) is 0. The van der Waals surface area contributed by atoms with E-state index in [1.54, 1.807) is 12.1 Å². The van der Waals surface area contributed by atoms with Crippen LogP contribution in [-0.4, -0.2) is 25.5 Å². The molecule has 76 valence electrons. The smallest absolute Gasteiger partial charge is 0.196 e. The highest BCUT2D eigenvalue weighted by Crippen LogP contribution is 2.22. The molecule has 0 radical (unpaired) electrons. The minimum Gasteiger partial charge on any atom is -0.438 e. The maximum Gasteiger partial charge on any atom is 0.196 e. The second-order valence-electron chi connectivity index (χ2n) is 3.48. The Labute approximate surface area is 81.5 Å². The summed E-state index contributed by atoms with van der Waals surface area (Å²) in [5, 5.41) is 0. The van der Waals surface area contributed by atoms with Crippen LogP contribution in [0.1, 0.15) is 23.4 Å². The van der Waals surface area contributed by atoms with Gasteiger partial charge in [0.25, 0.3) is 0 Å². The molecule has 0 aromatic carbocycles. The number of hydrogen-bond acceptors (Lipinski definition) is 3. The van der Waals surface area contributed by atoms with Gasteiger partial charge in [-0.1, -0.05) is 0 Å². The van der Waals surface area contributed by atoms with Crippen LogP contribution in [-0.2, 0) is 0 Å². The molecule has 0 spiro atoms. The van der Waals surface area contributed by atoms with E-state index in [4.69, 9.17) is 4.42 Å². The molecule has 1 aromatic heterocycles. The van der Waals surface area contributed by atoms with Gasteiger partial charge in [0, 0.05) is 12.6 Å². The summed E-state index contributed by atoms with van der Waals surface area (Å²) >= 11 is 0. The van der Waals surface area contributed by atoms with Crippen LogP contribution in [0.2, 0.25) is 0 Å². The molecular formula is C10H12FNO2. The summed E-state index contributed by atoms with van der Waals surface area (Å²) in [5.41, 5.74) is 0. The monoisotopic (exact) mass is 197 g/mol. The number of rotatable bonds is 2. The maximum atomic E-state index is 13.1. The summed E-state index contributed by atoms with van der Waals surface area (Å²) in [6, 6.07) is 3.31. The molecule has 0 bridgehead atoms. The van der Waals surface area contributed by atoms with Crippen LogP contribution in [0.4, 0.5) is 10.3 Å². The van der Waals surface area contributed by atoms with Crippen molar-refractivity contribution in [3.8, 4) is 0 Å². The first-order valence-electron chi connectivity index (χ1n) is 4.73. The standard InChI is InChI=1S/C10H12FNO2/c11-8-2-1-5-12(6-8)10-4-3-9(7-13)14-10/h3-4,7-8H,1-2,5-6H2. The van der Waals surface area contributed by atoms with E-state index < -0.39 is 6.17 Å². The van der Waals surface area contributed by atoms with Crippen LogP contribution < -0.4 is 4.90 Å². The van der Waals surface area contributed by atoms with Gasteiger partial charge in [0.05, 0.1) is 6.54 Å². The molecule has 1 aromatic rings. The van der Waals surface area contributed by atoms with E-state index in [9.17, 15) is 9.18 Å².